The molecule has 0 unspecified atom stereocenters. The van der Waals surface area contributed by atoms with Gasteiger partial charge in [-0.3, -0.25) is 9.52 Å². The average molecular weight is 418 g/mol. The van der Waals surface area contributed by atoms with Crippen molar-refractivity contribution in [2.45, 2.75) is 11.9 Å². The zero-order valence-corrected chi connectivity index (χ0v) is 14.9. The summed E-state index contributed by atoms with van der Waals surface area (Å²) in [5.74, 6) is -2.62. The Kier molecular flexibility index (Phi) is 6.39. The predicted molar refractivity (Wildman–Crippen MR) is 92.5 cm³/mol. The van der Waals surface area contributed by atoms with Crippen LogP contribution >= 0.6 is 0 Å². The minimum atomic E-state index is -4.97. The van der Waals surface area contributed by atoms with Gasteiger partial charge in [0.15, 0.2) is 0 Å². The molecule has 0 aliphatic rings. The first-order chi connectivity index (χ1) is 13.0. The number of amides is 1. The van der Waals surface area contributed by atoms with Gasteiger partial charge in [-0.2, -0.15) is 13.2 Å². The lowest BCUT2D eigenvalue weighted by Gasteiger charge is -2.12. The Hall–Kier alpha value is -2.95. The largest absolute Gasteiger partial charge is 0.419 e. The summed E-state index contributed by atoms with van der Waals surface area (Å²) in [4.78, 5) is 21.9. The van der Waals surface area contributed by atoms with Crippen LogP contribution in [-0.2, 0) is 26.7 Å². The third kappa shape index (κ3) is 5.78. The molecule has 28 heavy (non-hydrogen) atoms. The van der Waals surface area contributed by atoms with Crippen LogP contribution in [-0.4, -0.2) is 27.2 Å². The topological polar surface area (TPSA) is 92.3 Å². The van der Waals surface area contributed by atoms with E-state index in [2.05, 4.69) is 5.32 Å². The van der Waals surface area contributed by atoms with E-state index < -0.39 is 44.9 Å². The zero-order valence-electron chi connectivity index (χ0n) is 14.1. The number of benzene rings is 2. The van der Waals surface area contributed by atoms with E-state index in [0.29, 0.717) is 18.4 Å². The van der Waals surface area contributed by atoms with Gasteiger partial charge < -0.3 is 10.1 Å². The molecule has 0 fully saturated rings. The monoisotopic (exact) mass is 418 g/mol. The van der Waals surface area contributed by atoms with Crippen LogP contribution in [0, 0.1) is 5.82 Å². The van der Waals surface area contributed by atoms with Crippen LogP contribution in [0.2, 0.25) is 0 Å². The summed E-state index contributed by atoms with van der Waals surface area (Å²) < 4.78 is 77.7. The van der Waals surface area contributed by atoms with E-state index in [9.17, 15) is 35.6 Å². The predicted octanol–water partition coefficient (Wildman–Crippen LogP) is 2.72. The van der Waals surface area contributed by atoms with Crippen LogP contribution in [0.1, 0.15) is 21.5 Å². The first kappa shape index (κ1) is 21.4. The molecule has 2 aromatic rings. The number of carbonyl (C=O) groups excluding carboxylic acids is 2. The lowest BCUT2D eigenvalue weighted by molar-refractivity contribution is -0.139. The van der Waals surface area contributed by atoms with Gasteiger partial charge in [-0.15, -0.1) is 0 Å². The van der Waals surface area contributed by atoms with Gasteiger partial charge in [-0.1, -0.05) is 12.1 Å². The highest BCUT2D eigenvalue weighted by Crippen LogP contribution is 2.33. The van der Waals surface area contributed by atoms with E-state index >= 15 is 0 Å². The van der Waals surface area contributed by atoms with Crippen molar-refractivity contribution in [3.63, 3.8) is 0 Å². The van der Waals surface area contributed by atoms with Crippen molar-refractivity contribution in [2.75, 3.05) is 11.3 Å². The maximum absolute atomic E-state index is 13.3. The highest BCUT2D eigenvalue weighted by atomic mass is 32.2. The van der Waals surface area contributed by atoms with E-state index in [1.165, 1.54) is 24.3 Å². The molecule has 11 heteroatoms. The normalized spacial score (nSPS) is 11.7. The number of sulfonamides is 1. The summed E-state index contributed by atoms with van der Waals surface area (Å²) >= 11 is 0. The third-order valence-corrected chi connectivity index (χ3v) is 4.72. The third-order valence-electron chi connectivity index (χ3n) is 3.46. The van der Waals surface area contributed by atoms with Gasteiger partial charge in [0.1, 0.15) is 12.1 Å². The molecular weight excluding hydrogens is 404 g/mol. The second-order valence-electron chi connectivity index (χ2n) is 5.63. The fourth-order valence-electron chi connectivity index (χ4n) is 2.23. The highest BCUT2D eigenvalue weighted by Gasteiger charge is 2.34. The zero-order chi connectivity index (χ0) is 20.9. The van der Waals surface area contributed by atoms with Crippen molar-refractivity contribution in [3.8, 4) is 0 Å². The molecule has 2 rings (SSSR count). The molecule has 0 heterocycles. The van der Waals surface area contributed by atoms with Crippen molar-refractivity contribution in [3.05, 3.63) is 65.0 Å². The van der Waals surface area contributed by atoms with Gasteiger partial charge in [0.25, 0.3) is 5.91 Å². The Labute approximate surface area is 157 Å². The summed E-state index contributed by atoms with van der Waals surface area (Å²) in [5.41, 5.74) is -1.56. The Morgan fingerprint density at radius 3 is 2.29 bits per heavy atom. The molecule has 2 N–H and O–H groups in total. The number of aldehydes is 1. The van der Waals surface area contributed by atoms with Crippen molar-refractivity contribution >= 4 is 27.9 Å². The number of rotatable bonds is 7. The Bertz CT molecular complexity index is 974. The molecule has 0 atom stereocenters. The molecule has 0 saturated carbocycles. The minimum Gasteiger partial charge on any atom is -0.345 e. The molecule has 2 aromatic carbocycles. The maximum Gasteiger partial charge on any atom is 0.419 e. The number of nitrogens with one attached hydrogen (secondary N) is 2. The van der Waals surface area contributed by atoms with E-state index in [4.69, 9.17) is 0 Å². The van der Waals surface area contributed by atoms with Gasteiger partial charge >= 0.3 is 6.18 Å². The number of anilines is 1. The molecule has 0 bridgehead atoms. The fraction of sp³-hybridized carbons (Fsp3) is 0.176. The molecule has 0 aliphatic heterocycles. The number of alkyl halides is 3. The number of carbonyl (C=O) groups is 2. The van der Waals surface area contributed by atoms with Gasteiger partial charge in [-0.25, -0.2) is 12.8 Å². The van der Waals surface area contributed by atoms with E-state index in [1.807, 2.05) is 4.72 Å². The fourth-order valence-corrected chi connectivity index (χ4v) is 3.42. The molecule has 0 aromatic heterocycles. The molecular formula is C17H14F4N2O4S. The van der Waals surface area contributed by atoms with Crippen LogP contribution in [0.4, 0.5) is 23.2 Å². The van der Waals surface area contributed by atoms with Crippen LogP contribution in [0.15, 0.2) is 42.5 Å². The Morgan fingerprint density at radius 2 is 1.71 bits per heavy atom. The van der Waals surface area contributed by atoms with E-state index in [-0.39, 0.29) is 17.7 Å². The van der Waals surface area contributed by atoms with Gasteiger partial charge in [0.05, 0.1) is 17.9 Å². The molecule has 0 spiro atoms. The lowest BCUT2D eigenvalue weighted by atomic mass is 10.1. The van der Waals surface area contributed by atoms with Crippen molar-refractivity contribution < 1.29 is 35.6 Å². The summed E-state index contributed by atoms with van der Waals surface area (Å²) in [6.45, 7) is -0.170. The van der Waals surface area contributed by atoms with Gasteiger partial charge in [-0.05, 0) is 35.9 Å². The van der Waals surface area contributed by atoms with Crippen molar-refractivity contribution in [2.24, 2.45) is 0 Å². The SMILES string of the molecule is O=CCNC(=O)c1ccc(CS(=O)(=O)Nc2ccc(F)c(C(F)(F)F)c2)cc1. The quantitative estimate of drug-likeness (QED) is 0.534. The minimum absolute atomic E-state index is 0.170. The first-order valence-corrected chi connectivity index (χ1v) is 9.35. The number of hydrogen-bond donors (Lipinski definition) is 2. The Morgan fingerprint density at radius 1 is 1.07 bits per heavy atom. The van der Waals surface area contributed by atoms with Crippen molar-refractivity contribution in [1.29, 1.82) is 0 Å². The molecule has 0 aliphatic carbocycles. The van der Waals surface area contributed by atoms with Gasteiger partial charge in [0, 0.05) is 11.3 Å². The van der Waals surface area contributed by atoms with E-state index in [1.54, 1.807) is 0 Å². The molecule has 0 radical (unpaired) electrons. The van der Waals surface area contributed by atoms with Crippen LogP contribution in [0.25, 0.3) is 0 Å². The van der Waals surface area contributed by atoms with Crippen LogP contribution in [0.3, 0.4) is 0 Å². The second kappa shape index (κ2) is 8.38. The maximum atomic E-state index is 13.3. The van der Waals surface area contributed by atoms with Gasteiger partial charge in [0.2, 0.25) is 10.0 Å². The first-order valence-electron chi connectivity index (χ1n) is 7.70. The second-order valence-corrected chi connectivity index (χ2v) is 7.35. The standard InChI is InChI=1S/C17H14F4N2O4S/c18-15-6-5-13(9-14(15)17(19,20)21)23-28(26,27)10-11-1-3-12(4-2-11)16(25)22-7-8-24/h1-6,8-9,23H,7,10H2,(H,22,25). The summed E-state index contributed by atoms with van der Waals surface area (Å²) in [7, 11) is -4.10. The average Bonchev–Trinajstić information content (AvgIpc) is 2.60. The molecule has 0 saturated heterocycles. The smallest absolute Gasteiger partial charge is 0.345 e. The molecule has 150 valence electrons. The summed E-state index contributed by atoms with van der Waals surface area (Å²) in [6, 6.07) is 7.14. The lowest BCUT2D eigenvalue weighted by Crippen LogP contribution is -2.25. The molecule has 6 nitrogen and oxygen atoms in total. The number of halogens is 4. The van der Waals surface area contributed by atoms with Crippen molar-refractivity contribution in [1.82, 2.24) is 5.32 Å². The number of hydrogen-bond acceptors (Lipinski definition) is 4. The summed E-state index contributed by atoms with van der Waals surface area (Å²) in [5, 5.41) is 2.31. The highest BCUT2D eigenvalue weighted by molar-refractivity contribution is 7.91. The Balaban J connectivity index is 2.12. The molecule has 1 amide bonds. The van der Waals surface area contributed by atoms with E-state index in [0.717, 1.165) is 6.07 Å². The van der Waals surface area contributed by atoms with Crippen LogP contribution in [0.5, 0.6) is 0 Å². The summed E-state index contributed by atoms with van der Waals surface area (Å²) in [6.07, 6.45) is -4.46. The van der Waals surface area contributed by atoms with Crippen LogP contribution < -0.4 is 10.0 Å².